The molecule has 0 saturated heterocycles. The quantitative estimate of drug-likeness (QED) is 0.833. The molecule has 80 valence electrons. The van der Waals surface area contributed by atoms with E-state index in [0.29, 0.717) is 0 Å². The fourth-order valence-electron chi connectivity index (χ4n) is 2.00. The highest BCUT2D eigenvalue weighted by Crippen LogP contribution is 2.26. The smallest absolute Gasteiger partial charge is 0.227 e. The van der Waals surface area contributed by atoms with E-state index in [-0.39, 0.29) is 11.8 Å². The minimum atomic E-state index is 0.189. The van der Waals surface area contributed by atoms with Crippen LogP contribution in [0.25, 0.3) is 0 Å². The molecule has 2 rings (SSSR count). The van der Waals surface area contributed by atoms with Crippen molar-refractivity contribution in [1.29, 1.82) is 0 Å². The third-order valence-electron chi connectivity index (χ3n) is 2.82. The number of carbonyl (C=O) groups is 1. The van der Waals surface area contributed by atoms with Crippen molar-refractivity contribution in [2.45, 2.75) is 25.7 Å². The van der Waals surface area contributed by atoms with Gasteiger partial charge < -0.3 is 5.32 Å². The van der Waals surface area contributed by atoms with Gasteiger partial charge in [-0.3, -0.25) is 4.79 Å². The van der Waals surface area contributed by atoms with Crippen LogP contribution in [-0.4, -0.2) is 5.91 Å². The Kier molecular flexibility index (Phi) is 3.61. The van der Waals surface area contributed by atoms with Gasteiger partial charge in [-0.05, 0) is 53.6 Å². The number of rotatable bonds is 2. The zero-order valence-corrected chi connectivity index (χ0v) is 10.7. The van der Waals surface area contributed by atoms with Crippen LogP contribution in [0.5, 0.6) is 0 Å². The molecule has 1 saturated carbocycles. The molecule has 15 heavy (non-hydrogen) atoms. The standard InChI is InChI=1S/C12H14INO/c13-10-6-3-7-11(8-10)14-12(15)9-4-1-2-5-9/h3,6-9H,1-2,4-5H2,(H,14,15). The van der Waals surface area contributed by atoms with Crippen LogP contribution in [-0.2, 0) is 4.79 Å². The molecule has 0 spiro atoms. The lowest BCUT2D eigenvalue weighted by Crippen LogP contribution is -2.20. The molecule has 1 aliphatic carbocycles. The van der Waals surface area contributed by atoms with Crippen molar-refractivity contribution >= 4 is 34.2 Å². The largest absolute Gasteiger partial charge is 0.326 e. The Hall–Kier alpha value is -0.580. The molecule has 0 aliphatic heterocycles. The molecule has 0 aromatic heterocycles. The minimum Gasteiger partial charge on any atom is -0.326 e. The summed E-state index contributed by atoms with van der Waals surface area (Å²) in [6.07, 6.45) is 4.50. The first-order valence-electron chi connectivity index (χ1n) is 5.32. The average Bonchev–Trinajstić information content (AvgIpc) is 2.70. The SMILES string of the molecule is O=C(Nc1cccc(I)c1)C1CCCC1. The lowest BCUT2D eigenvalue weighted by Gasteiger charge is -2.10. The van der Waals surface area contributed by atoms with E-state index in [2.05, 4.69) is 27.9 Å². The Morgan fingerprint density at radius 1 is 1.33 bits per heavy atom. The van der Waals surface area contributed by atoms with Gasteiger partial charge in [-0.25, -0.2) is 0 Å². The Morgan fingerprint density at radius 2 is 2.07 bits per heavy atom. The first-order chi connectivity index (χ1) is 7.25. The zero-order chi connectivity index (χ0) is 10.7. The number of benzene rings is 1. The summed E-state index contributed by atoms with van der Waals surface area (Å²) in [5.41, 5.74) is 0.916. The minimum absolute atomic E-state index is 0.189. The summed E-state index contributed by atoms with van der Waals surface area (Å²) in [5, 5.41) is 2.98. The van der Waals surface area contributed by atoms with Crippen LogP contribution < -0.4 is 5.32 Å². The van der Waals surface area contributed by atoms with E-state index in [1.807, 2.05) is 24.3 Å². The number of amides is 1. The number of hydrogen-bond donors (Lipinski definition) is 1. The average molecular weight is 315 g/mol. The van der Waals surface area contributed by atoms with Crippen molar-refractivity contribution in [3.05, 3.63) is 27.8 Å². The summed E-state index contributed by atoms with van der Waals surface area (Å²) in [7, 11) is 0. The number of carbonyl (C=O) groups excluding carboxylic acids is 1. The van der Waals surface area contributed by atoms with E-state index in [4.69, 9.17) is 0 Å². The zero-order valence-electron chi connectivity index (χ0n) is 8.50. The van der Waals surface area contributed by atoms with Crippen LogP contribution in [0.1, 0.15) is 25.7 Å². The van der Waals surface area contributed by atoms with Crippen molar-refractivity contribution in [2.75, 3.05) is 5.32 Å². The summed E-state index contributed by atoms with van der Waals surface area (Å²) in [5.74, 6) is 0.428. The Balaban J connectivity index is 1.99. The topological polar surface area (TPSA) is 29.1 Å². The molecule has 0 atom stereocenters. The fourth-order valence-corrected chi connectivity index (χ4v) is 2.54. The van der Waals surface area contributed by atoms with E-state index in [9.17, 15) is 4.79 Å². The third-order valence-corrected chi connectivity index (χ3v) is 3.49. The predicted molar refractivity (Wildman–Crippen MR) is 69.7 cm³/mol. The van der Waals surface area contributed by atoms with Gasteiger partial charge in [-0.15, -0.1) is 0 Å². The van der Waals surface area contributed by atoms with Crippen LogP contribution in [0.15, 0.2) is 24.3 Å². The molecule has 1 aliphatic rings. The van der Waals surface area contributed by atoms with Gasteiger partial charge in [-0.2, -0.15) is 0 Å². The molecule has 1 aromatic rings. The molecular formula is C12H14INO. The maximum absolute atomic E-state index is 11.8. The molecular weight excluding hydrogens is 301 g/mol. The van der Waals surface area contributed by atoms with Gasteiger partial charge in [0.15, 0.2) is 0 Å². The van der Waals surface area contributed by atoms with Crippen LogP contribution in [0.3, 0.4) is 0 Å². The van der Waals surface area contributed by atoms with E-state index in [1.165, 1.54) is 12.8 Å². The van der Waals surface area contributed by atoms with E-state index >= 15 is 0 Å². The van der Waals surface area contributed by atoms with Gasteiger partial charge in [0.1, 0.15) is 0 Å². The van der Waals surface area contributed by atoms with Crippen molar-refractivity contribution < 1.29 is 4.79 Å². The first kappa shape index (κ1) is 10.9. The summed E-state index contributed by atoms with van der Waals surface area (Å²) in [4.78, 5) is 11.8. The van der Waals surface area contributed by atoms with Crippen molar-refractivity contribution in [2.24, 2.45) is 5.92 Å². The van der Waals surface area contributed by atoms with Crippen LogP contribution >= 0.6 is 22.6 Å². The Morgan fingerprint density at radius 3 is 2.73 bits per heavy atom. The third kappa shape index (κ3) is 2.93. The lowest BCUT2D eigenvalue weighted by molar-refractivity contribution is -0.119. The highest BCUT2D eigenvalue weighted by molar-refractivity contribution is 14.1. The van der Waals surface area contributed by atoms with Crippen LogP contribution in [0, 0.1) is 9.49 Å². The first-order valence-corrected chi connectivity index (χ1v) is 6.40. The van der Waals surface area contributed by atoms with E-state index in [0.717, 1.165) is 22.1 Å². The molecule has 0 radical (unpaired) electrons. The monoisotopic (exact) mass is 315 g/mol. The number of halogens is 1. The molecule has 1 N–H and O–H groups in total. The van der Waals surface area contributed by atoms with Crippen LogP contribution in [0.2, 0.25) is 0 Å². The predicted octanol–water partition coefficient (Wildman–Crippen LogP) is 3.42. The Labute approximate surface area is 104 Å². The van der Waals surface area contributed by atoms with Crippen LogP contribution in [0.4, 0.5) is 5.69 Å². The van der Waals surface area contributed by atoms with E-state index < -0.39 is 0 Å². The number of nitrogens with one attached hydrogen (secondary N) is 1. The van der Waals surface area contributed by atoms with E-state index in [1.54, 1.807) is 0 Å². The maximum Gasteiger partial charge on any atom is 0.227 e. The maximum atomic E-state index is 11.8. The lowest BCUT2D eigenvalue weighted by atomic mass is 10.1. The van der Waals surface area contributed by atoms with Crippen molar-refractivity contribution in [3.8, 4) is 0 Å². The summed E-state index contributed by atoms with van der Waals surface area (Å²) in [6.45, 7) is 0. The second kappa shape index (κ2) is 4.96. The highest BCUT2D eigenvalue weighted by Gasteiger charge is 2.22. The normalized spacial score (nSPS) is 16.6. The molecule has 0 bridgehead atoms. The molecule has 0 heterocycles. The summed E-state index contributed by atoms with van der Waals surface area (Å²) in [6, 6.07) is 7.92. The second-order valence-electron chi connectivity index (χ2n) is 3.98. The summed E-state index contributed by atoms with van der Waals surface area (Å²) < 4.78 is 1.15. The van der Waals surface area contributed by atoms with Crippen molar-refractivity contribution in [3.63, 3.8) is 0 Å². The van der Waals surface area contributed by atoms with Gasteiger partial charge in [0.25, 0.3) is 0 Å². The highest BCUT2D eigenvalue weighted by atomic mass is 127. The molecule has 1 aromatic carbocycles. The molecule has 1 fully saturated rings. The Bertz CT molecular complexity index is 358. The van der Waals surface area contributed by atoms with Gasteiger partial charge in [0.05, 0.1) is 0 Å². The van der Waals surface area contributed by atoms with Gasteiger partial charge in [0.2, 0.25) is 5.91 Å². The van der Waals surface area contributed by atoms with Gasteiger partial charge >= 0.3 is 0 Å². The molecule has 3 heteroatoms. The number of hydrogen-bond acceptors (Lipinski definition) is 1. The molecule has 0 unspecified atom stereocenters. The molecule has 1 amide bonds. The summed E-state index contributed by atoms with van der Waals surface area (Å²) >= 11 is 2.25. The van der Waals surface area contributed by atoms with Gasteiger partial charge in [0, 0.05) is 15.2 Å². The number of anilines is 1. The fraction of sp³-hybridized carbons (Fsp3) is 0.417. The molecule has 2 nitrogen and oxygen atoms in total. The van der Waals surface area contributed by atoms with Gasteiger partial charge in [-0.1, -0.05) is 18.9 Å². The second-order valence-corrected chi connectivity index (χ2v) is 5.23. The van der Waals surface area contributed by atoms with Crippen molar-refractivity contribution in [1.82, 2.24) is 0 Å².